The average Bonchev–Trinajstić information content (AvgIpc) is 2.58. The Bertz CT molecular complexity index is 464. The predicted octanol–water partition coefficient (Wildman–Crippen LogP) is 2.35. The van der Waals surface area contributed by atoms with Crippen LogP contribution >= 0.6 is 15.9 Å². The number of carbonyl (C=O) groups excluding carboxylic acids is 1. The normalized spacial score (nSPS) is 19.8. The summed E-state index contributed by atoms with van der Waals surface area (Å²) in [5.41, 5.74) is 7.67. The molecule has 1 aliphatic rings. The highest BCUT2D eigenvalue weighted by Gasteiger charge is 2.35. The quantitative estimate of drug-likeness (QED) is 0.931. The Balaban J connectivity index is 2.26. The van der Waals surface area contributed by atoms with Crippen LogP contribution in [0.4, 0.5) is 10.5 Å². The van der Waals surface area contributed by atoms with Gasteiger partial charge in [0, 0.05) is 23.8 Å². The highest BCUT2D eigenvalue weighted by atomic mass is 79.9. The second-order valence-corrected chi connectivity index (χ2v) is 5.58. The summed E-state index contributed by atoms with van der Waals surface area (Å²) < 4.78 is 1.03. The SMILES string of the molecule is Cc1cc(Br)ccc1N1CC(CCN)N(C)C1=O. The second kappa shape index (κ2) is 5.28. The fourth-order valence-electron chi connectivity index (χ4n) is 2.36. The Labute approximate surface area is 116 Å². The molecule has 1 aromatic carbocycles. The number of halogens is 1. The molecule has 1 heterocycles. The van der Waals surface area contributed by atoms with Crippen molar-refractivity contribution in [1.29, 1.82) is 0 Å². The van der Waals surface area contributed by atoms with Crippen LogP contribution in [0.15, 0.2) is 22.7 Å². The van der Waals surface area contributed by atoms with E-state index in [0.29, 0.717) is 6.54 Å². The molecule has 0 saturated carbocycles. The maximum atomic E-state index is 12.2. The van der Waals surface area contributed by atoms with Crippen LogP contribution in [0.3, 0.4) is 0 Å². The van der Waals surface area contributed by atoms with Gasteiger partial charge in [0.25, 0.3) is 0 Å². The zero-order chi connectivity index (χ0) is 13.3. The van der Waals surface area contributed by atoms with Crippen LogP contribution in [-0.4, -0.2) is 37.1 Å². The fraction of sp³-hybridized carbons (Fsp3) is 0.462. The molecule has 5 heteroatoms. The third-order valence-corrected chi connectivity index (χ3v) is 3.92. The first-order valence-electron chi connectivity index (χ1n) is 6.05. The zero-order valence-corrected chi connectivity index (χ0v) is 12.3. The largest absolute Gasteiger partial charge is 0.330 e. The van der Waals surface area contributed by atoms with Gasteiger partial charge in [-0.05, 0) is 43.7 Å². The van der Waals surface area contributed by atoms with Crippen molar-refractivity contribution >= 4 is 27.6 Å². The van der Waals surface area contributed by atoms with Crippen molar-refractivity contribution in [3.63, 3.8) is 0 Å². The molecule has 1 unspecified atom stereocenters. The van der Waals surface area contributed by atoms with E-state index in [1.54, 1.807) is 4.90 Å². The maximum absolute atomic E-state index is 12.2. The van der Waals surface area contributed by atoms with Crippen molar-refractivity contribution in [1.82, 2.24) is 4.90 Å². The third-order valence-electron chi connectivity index (χ3n) is 3.42. The number of carbonyl (C=O) groups is 1. The molecule has 1 saturated heterocycles. The van der Waals surface area contributed by atoms with E-state index in [0.717, 1.165) is 28.7 Å². The topological polar surface area (TPSA) is 49.6 Å². The number of hydrogen-bond donors (Lipinski definition) is 1. The first kappa shape index (κ1) is 13.4. The Morgan fingerprint density at radius 1 is 1.50 bits per heavy atom. The van der Waals surface area contributed by atoms with Crippen molar-refractivity contribution < 1.29 is 4.79 Å². The van der Waals surface area contributed by atoms with Crippen molar-refractivity contribution in [2.45, 2.75) is 19.4 Å². The van der Waals surface area contributed by atoms with Gasteiger partial charge in [-0.15, -0.1) is 0 Å². The Hall–Kier alpha value is -1.07. The summed E-state index contributed by atoms with van der Waals surface area (Å²) in [6, 6.07) is 6.24. The average molecular weight is 312 g/mol. The van der Waals surface area contributed by atoms with E-state index in [-0.39, 0.29) is 12.1 Å². The lowest BCUT2D eigenvalue weighted by molar-refractivity contribution is 0.217. The zero-order valence-electron chi connectivity index (χ0n) is 10.7. The van der Waals surface area contributed by atoms with Crippen LogP contribution in [0.5, 0.6) is 0 Å². The Kier molecular flexibility index (Phi) is 3.92. The molecule has 0 aliphatic carbocycles. The van der Waals surface area contributed by atoms with Crippen molar-refractivity contribution in [3.8, 4) is 0 Å². The molecule has 0 spiro atoms. The van der Waals surface area contributed by atoms with E-state index in [1.807, 2.05) is 37.1 Å². The summed E-state index contributed by atoms with van der Waals surface area (Å²) in [5, 5.41) is 0. The van der Waals surface area contributed by atoms with Gasteiger partial charge in [0.2, 0.25) is 0 Å². The number of benzene rings is 1. The van der Waals surface area contributed by atoms with E-state index >= 15 is 0 Å². The molecule has 4 nitrogen and oxygen atoms in total. The first-order valence-corrected chi connectivity index (χ1v) is 6.84. The second-order valence-electron chi connectivity index (χ2n) is 4.67. The number of amides is 2. The molecule has 18 heavy (non-hydrogen) atoms. The molecule has 2 amide bonds. The molecule has 0 aromatic heterocycles. The van der Waals surface area contributed by atoms with Gasteiger partial charge in [0.05, 0.1) is 6.04 Å². The Morgan fingerprint density at radius 2 is 2.22 bits per heavy atom. The number of likely N-dealkylation sites (N-methyl/N-ethyl adjacent to an activating group) is 1. The van der Waals surface area contributed by atoms with Gasteiger partial charge in [-0.2, -0.15) is 0 Å². The molecule has 2 rings (SSSR count). The van der Waals surface area contributed by atoms with Crippen LogP contribution in [0.2, 0.25) is 0 Å². The molecule has 1 aromatic rings. The number of urea groups is 1. The summed E-state index contributed by atoms with van der Waals surface area (Å²) in [4.78, 5) is 15.8. The van der Waals surface area contributed by atoms with Gasteiger partial charge in [0.1, 0.15) is 0 Å². The van der Waals surface area contributed by atoms with Gasteiger partial charge >= 0.3 is 6.03 Å². The monoisotopic (exact) mass is 311 g/mol. The van der Waals surface area contributed by atoms with Crippen molar-refractivity contribution in [2.75, 3.05) is 25.0 Å². The Morgan fingerprint density at radius 3 is 2.83 bits per heavy atom. The van der Waals surface area contributed by atoms with Crippen LogP contribution in [0.25, 0.3) is 0 Å². The lowest BCUT2D eigenvalue weighted by Crippen LogP contribution is -2.32. The fourth-order valence-corrected chi connectivity index (χ4v) is 2.83. The van der Waals surface area contributed by atoms with Crippen LogP contribution in [0, 0.1) is 6.92 Å². The van der Waals surface area contributed by atoms with E-state index in [4.69, 9.17) is 5.73 Å². The highest BCUT2D eigenvalue weighted by molar-refractivity contribution is 9.10. The van der Waals surface area contributed by atoms with Crippen LogP contribution < -0.4 is 10.6 Å². The molecule has 2 N–H and O–H groups in total. The molecule has 0 radical (unpaired) electrons. The summed E-state index contributed by atoms with van der Waals surface area (Å²) in [6.45, 7) is 3.34. The van der Waals surface area contributed by atoms with Crippen LogP contribution in [0.1, 0.15) is 12.0 Å². The summed E-state index contributed by atoms with van der Waals surface area (Å²) in [6.07, 6.45) is 0.842. The van der Waals surface area contributed by atoms with Crippen LogP contribution in [-0.2, 0) is 0 Å². The summed E-state index contributed by atoms with van der Waals surface area (Å²) >= 11 is 3.44. The van der Waals surface area contributed by atoms with Gasteiger partial charge < -0.3 is 10.6 Å². The summed E-state index contributed by atoms with van der Waals surface area (Å²) in [7, 11) is 1.84. The molecular weight excluding hydrogens is 294 g/mol. The lowest BCUT2D eigenvalue weighted by atomic mass is 10.1. The van der Waals surface area contributed by atoms with Crippen molar-refractivity contribution in [3.05, 3.63) is 28.2 Å². The number of aryl methyl sites for hydroxylation is 1. The number of hydrogen-bond acceptors (Lipinski definition) is 2. The number of nitrogens with two attached hydrogens (primary N) is 1. The third kappa shape index (κ3) is 2.37. The minimum absolute atomic E-state index is 0.0545. The predicted molar refractivity (Wildman–Crippen MR) is 76.8 cm³/mol. The molecule has 1 atom stereocenters. The van der Waals surface area contributed by atoms with E-state index in [1.165, 1.54) is 0 Å². The molecule has 98 valence electrons. The number of anilines is 1. The first-order chi connectivity index (χ1) is 8.54. The van der Waals surface area contributed by atoms with Gasteiger partial charge in [-0.25, -0.2) is 4.79 Å². The minimum Gasteiger partial charge on any atom is -0.330 e. The molecular formula is C13H18BrN3O. The molecule has 0 bridgehead atoms. The van der Waals surface area contributed by atoms with Crippen molar-refractivity contribution in [2.24, 2.45) is 5.73 Å². The van der Waals surface area contributed by atoms with Gasteiger partial charge in [-0.3, -0.25) is 4.90 Å². The number of rotatable bonds is 3. The lowest BCUT2D eigenvalue weighted by Gasteiger charge is -2.18. The smallest absolute Gasteiger partial charge is 0.324 e. The number of nitrogens with zero attached hydrogens (tertiary/aromatic N) is 2. The molecule has 1 fully saturated rings. The minimum atomic E-state index is 0.0545. The highest BCUT2D eigenvalue weighted by Crippen LogP contribution is 2.28. The van der Waals surface area contributed by atoms with E-state index < -0.39 is 0 Å². The molecule has 1 aliphatic heterocycles. The standard InChI is InChI=1S/C13H18BrN3O/c1-9-7-10(14)3-4-12(9)17-8-11(5-6-15)16(2)13(17)18/h3-4,7,11H,5-6,8,15H2,1-2H3. The van der Waals surface area contributed by atoms with Gasteiger partial charge in [-0.1, -0.05) is 15.9 Å². The van der Waals surface area contributed by atoms with E-state index in [9.17, 15) is 4.79 Å². The van der Waals surface area contributed by atoms with Gasteiger partial charge in [0.15, 0.2) is 0 Å². The maximum Gasteiger partial charge on any atom is 0.324 e. The summed E-state index contributed by atoms with van der Waals surface area (Å²) in [5.74, 6) is 0. The van der Waals surface area contributed by atoms with E-state index in [2.05, 4.69) is 15.9 Å².